The van der Waals surface area contributed by atoms with E-state index >= 15 is 0 Å². The number of aliphatic carboxylic acids is 1. The van der Waals surface area contributed by atoms with E-state index in [-0.39, 0.29) is 43.3 Å². The number of primary amides is 1. The highest BCUT2D eigenvalue weighted by Gasteiger charge is 2.35. The lowest BCUT2D eigenvalue weighted by Gasteiger charge is -2.26. The van der Waals surface area contributed by atoms with Crippen LogP contribution in [0, 0.1) is 0 Å². The van der Waals surface area contributed by atoms with E-state index < -0.39 is 103 Å². The Morgan fingerprint density at radius 2 is 1.50 bits per heavy atom. The molecule has 7 amide bonds. The van der Waals surface area contributed by atoms with Gasteiger partial charge in [0.2, 0.25) is 41.4 Å². The molecule has 304 valence electrons. The second-order valence-corrected chi connectivity index (χ2v) is 15.1. The summed E-state index contributed by atoms with van der Waals surface area (Å²) in [6.07, 6.45) is 1.73. The van der Waals surface area contributed by atoms with Crippen LogP contribution in [0.4, 0.5) is 0 Å². The van der Waals surface area contributed by atoms with E-state index in [0.717, 1.165) is 28.0 Å². The maximum Gasteiger partial charge on any atom is 0.305 e. The van der Waals surface area contributed by atoms with Crippen LogP contribution in [-0.2, 0) is 38.4 Å². The van der Waals surface area contributed by atoms with Gasteiger partial charge in [0.25, 0.3) is 0 Å². The highest BCUT2D eigenvalue weighted by Crippen LogP contribution is 2.24. The number of hydrogen-bond acceptors (Lipinski definition) is 14. The van der Waals surface area contributed by atoms with Crippen molar-refractivity contribution in [1.29, 1.82) is 0 Å². The van der Waals surface area contributed by atoms with E-state index in [1.807, 2.05) is 0 Å². The number of guanidine groups is 1. The number of hydrogen-bond donors (Lipinski definition) is 13. The Morgan fingerprint density at radius 1 is 0.833 bits per heavy atom. The molecule has 0 bridgehead atoms. The predicted octanol–water partition coefficient (Wildman–Crippen LogP) is -5.82. The highest BCUT2D eigenvalue weighted by molar-refractivity contribution is 8.76. The van der Waals surface area contributed by atoms with Crippen molar-refractivity contribution in [2.75, 3.05) is 37.7 Å². The summed E-state index contributed by atoms with van der Waals surface area (Å²) in [5.41, 5.74) is 21.7. The zero-order valence-corrected chi connectivity index (χ0v) is 31.3. The minimum absolute atomic E-state index is 0.0698. The van der Waals surface area contributed by atoms with Crippen molar-refractivity contribution >= 4 is 74.9 Å². The van der Waals surface area contributed by atoms with Crippen molar-refractivity contribution in [3.05, 3.63) is 0 Å². The third-order valence-corrected chi connectivity index (χ3v) is 10.6. The van der Waals surface area contributed by atoms with Crippen LogP contribution in [0.15, 0.2) is 4.99 Å². The number of aliphatic hydroxyl groups is 1. The van der Waals surface area contributed by atoms with Crippen molar-refractivity contribution in [3.8, 4) is 0 Å². The number of carbonyl (C=O) groups excluding carboxylic acids is 7. The monoisotopic (exact) mass is 804 g/mol. The molecule has 0 saturated carbocycles. The smallest absolute Gasteiger partial charge is 0.305 e. The zero-order valence-electron chi connectivity index (χ0n) is 29.7. The Morgan fingerprint density at radius 3 is 2.11 bits per heavy atom. The Kier molecular flexibility index (Phi) is 20.4. The zero-order chi connectivity index (χ0) is 40.2. The van der Waals surface area contributed by atoms with Gasteiger partial charge in [-0.2, -0.15) is 0 Å². The molecule has 0 spiro atoms. The molecule has 2 rings (SSSR count). The summed E-state index contributed by atoms with van der Waals surface area (Å²) in [7, 11) is 2.09. The molecule has 0 aromatic rings. The summed E-state index contributed by atoms with van der Waals surface area (Å²) in [6, 6.07) is -8.65. The maximum absolute atomic E-state index is 13.6. The summed E-state index contributed by atoms with van der Waals surface area (Å²) in [5.74, 6) is -7.61. The molecule has 0 aliphatic carbocycles. The van der Waals surface area contributed by atoms with Crippen LogP contribution in [0.3, 0.4) is 0 Å². The second kappa shape index (κ2) is 24.1. The van der Waals surface area contributed by atoms with Gasteiger partial charge in [0.05, 0.1) is 19.1 Å². The summed E-state index contributed by atoms with van der Waals surface area (Å²) in [5, 5.41) is 37.1. The van der Waals surface area contributed by atoms with Gasteiger partial charge in [-0.25, -0.2) is 0 Å². The van der Waals surface area contributed by atoms with E-state index in [9.17, 15) is 48.6 Å². The maximum atomic E-state index is 13.6. The number of unbranched alkanes of at least 4 members (excludes halogenated alkanes) is 1. The number of rotatable bonds is 20. The normalized spacial score (nSPS) is 22.1. The molecule has 17 N–H and O–H groups in total. The van der Waals surface area contributed by atoms with Crippen LogP contribution >= 0.6 is 21.6 Å². The van der Waals surface area contributed by atoms with Gasteiger partial charge in [-0.15, -0.1) is 0 Å². The topological polar surface area (TPSA) is 378 Å². The first-order chi connectivity index (χ1) is 25.7. The fourth-order valence-corrected chi connectivity index (χ4v) is 7.60. The van der Waals surface area contributed by atoms with E-state index in [4.69, 9.17) is 22.9 Å². The van der Waals surface area contributed by atoms with Crippen molar-refractivity contribution in [1.82, 2.24) is 37.2 Å². The number of amides is 7. The molecule has 54 heavy (non-hydrogen) atoms. The van der Waals surface area contributed by atoms with Crippen LogP contribution in [0.1, 0.15) is 51.4 Å². The standard InChI is InChI=1S/C30H52N12O10S2/c31-8-2-1-5-17(38-27(50)19(12-43)40-24(47)16-7-4-9-35-16)25(48)41-21-14-54-53-13-20(42-26(49)18(11-22(44)45)39-29(21)52)28(51)37-15(23(32)46)6-3-10-36-30(33)34/h15-21,35,43H,1-14,31H2,(H2,32,46)(H,37,51)(H,38,50)(H,39,52)(H,40,47)(H,41,48)(H,42,49)(H,44,45)(H4,33,34,36)/t15-,16-,17-,18-,19-,20-,21?/m0/s1. The lowest BCUT2D eigenvalue weighted by molar-refractivity contribution is -0.141. The largest absolute Gasteiger partial charge is 0.481 e. The molecule has 1 unspecified atom stereocenters. The Bertz CT molecular complexity index is 1370. The third kappa shape index (κ3) is 16.3. The summed E-state index contributed by atoms with van der Waals surface area (Å²) in [6.45, 7) is 0.319. The molecule has 24 heteroatoms. The molecule has 22 nitrogen and oxygen atoms in total. The highest BCUT2D eigenvalue weighted by atomic mass is 33.1. The average molecular weight is 805 g/mol. The molecule has 2 heterocycles. The second-order valence-electron chi connectivity index (χ2n) is 12.5. The molecular weight excluding hydrogens is 753 g/mol. The van der Waals surface area contributed by atoms with Gasteiger partial charge in [0, 0.05) is 18.1 Å². The molecule has 0 radical (unpaired) electrons. The van der Waals surface area contributed by atoms with Crippen LogP contribution in [0.2, 0.25) is 0 Å². The summed E-state index contributed by atoms with van der Waals surface area (Å²) < 4.78 is 0. The molecule has 2 fully saturated rings. The molecule has 0 aromatic heterocycles. The van der Waals surface area contributed by atoms with Gasteiger partial charge in [0.1, 0.15) is 36.3 Å². The van der Waals surface area contributed by atoms with Crippen molar-refractivity contribution in [2.45, 2.75) is 93.7 Å². The molecule has 2 aliphatic heterocycles. The van der Waals surface area contributed by atoms with Crippen LogP contribution in [0.25, 0.3) is 0 Å². The fourth-order valence-electron chi connectivity index (χ4n) is 5.27. The number of nitrogens with one attached hydrogen (secondary N) is 7. The average Bonchev–Trinajstić information content (AvgIpc) is 3.66. The number of nitrogens with two attached hydrogens (primary N) is 4. The number of carbonyl (C=O) groups is 8. The summed E-state index contributed by atoms with van der Waals surface area (Å²) >= 11 is 0. The number of nitrogens with zero attached hydrogens (tertiary/aromatic N) is 1. The number of aliphatic hydroxyl groups excluding tert-OH is 1. The van der Waals surface area contributed by atoms with E-state index in [1.54, 1.807) is 0 Å². The quantitative estimate of drug-likeness (QED) is 0.0236. The number of aliphatic imine (C=N–C) groups is 1. The van der Waals surface area contributed by atoms with Crippen LogP contribution < -0.4 is 60.2 Å². The lowest BCUT2D eigenvalue weighted by atomic mass is 10.1. The van der Waals surface area contributed by atoms with Gasteiger partial charge >= 0.3 is 5.97 Å². The van der Waals surface area contributed by atoms with Crippen LogP contribution in [-0.4, -0.2) is 144 Å². The van der Waals surface area contributed by atoms with Gasteiger partial charge in [-0.3, -0.25) is 43.3 Å². The molecular formula is C30H52N12O10S2. The van der Waals surface area contributed by atoms with Crippen LogP contribution in [0.5, 0.6) is 0 Å². The minimum Gasteiger partial charge on any atom is -0.481 e. The molecule has 2 aliphatic rings. The first-order valence-corrected chi connectivity index (χ1v) is 19.8. The van der Waals surface area contributed by atoms with Gasteiger partial charge < -0.3 is 70.4 Å². The van der Waals surface area contributed by atoms with Gasteiger partial charge in [-0.1, -0.05) is 21.6 Å². The van der Waals surface area contributed by atoms with Crippen molar-refractivity contribution in [2.24, 2.45) is 27.9 Å². The minimum atomic E-state index is -1.69. The van der Waals surface area contributed by atoms with E-state index in [0.29, 0.717) is 32.4 Å². The number of carboxylic acid groups (broad SMARTS) is 1. The number of carboxylic acids is 1. The van der Waals surface area contributed by atoms with E-state index in [2.05, 4.69) is 42.2 Å². The fraction of sp³-hybridized carbons (Fsp3) is 0.700. The molecule has 7 atom stereocenters. The van der Waals surface area contributed by atoms with Crippen molar-refractivity contribution < 1.29 is 48.6 Å². The van der Waals surface area contributed by atoms with Gasteiger partial charge in [-0.05, 0) is 58.0 Å². The van der Waals surface area contributed by atoms with E-state index in [1.165, 1.54) is 0 Å². The Labute approximate surface area is 319 Å². The molecule has 2 saturated heterocycles. The summed E-state index contributed by atoms with van der Waals surface area (Å²) in [4.78, 5) is 107. The Balaban J connectivity index is 2.21. The Hall–Kier alpha value is -4.39. The SMILES string of the molecule is NCCCC[C@H](NC(=O)[C@H](CO)NC(=O)[C@@H]1CCCN1)C(=O)NC1CSSC[C@@H](C(=O)N[C@@H](CCCN=C(N)N)C(N)=O)NC(=O)[C@H](CC(=O)O)NC1=O. The first kappa shape index (κ1) is 45.8. The molecule has 0 aromatic carbocycles. The van der Waals surface area contributed by atoms with Gasteiger partial charge in [0.15, 0.2) is 5.96 Å². The predicted molar refractivity (Wildman–Crippen MR) is 199 cm³/mol. The third-order valence-electron chi connectivity index (χ3n) is 8.21. The lowest BCUT2D eigenvalue weighted by Crippen LogP contribution is -2.60. The van der Waals surface area contributed by atoms with Crippen molar-refractivity contribution in [3.63, 3.8) is 0 Å². The first-order valence-electron chi connectivity index (χ1n) is 17.3.